The summed E-state index contributed by atoms with van der Waals surface area (Å²) >= 11 is 0. The van der Waals surface area contributed by atoms with Crippen molar-refractivity contribution in [2.45, 2.75) is 39.5 Å². The second-order valence-corrected chi connectivity index (χ2v) is 7.36. The van der Waals surface area contributed by atoms with Crippen LogP contribution in [-0.4, -0.2) is 10.2 Å². The van der Waals surface area contributed by atoms with Gasteiger partial charge in [-0.1, -0.05) is 70.2 Å². The number of hydrogen-bond acceptors (Lipinski definition) is 2. The van der Waals surface area contributed by atoms with E-state index < -0.39 is 0 Å². The highest BCUT2D eigenvalue weighted by Crippen LogP contribution is 2.44. The number of para-hydroxylation sites is 1. The molecular weight excluding hydrogens is 320 g/mol. The summed E-state index contributed by atoms with van der Waals surface area (Å²) in [5, 5.41) is 20.2. The minimum atomic E-state index is 0.263. The largest absolute Gasteiger partial charge is 0.508 e. The highest BCUT2D eigenvalue weighted by molar-refractivity contribution is 5.84. The lowest BCUT2D eigenvalue weighted by Crippen LogP contribution is -2.03. The average Bonchev–Trinajstić information content (AvgIpc) is 2.61. The maximum atomic E-state index is 10.5. The fraction of sp³-hybridized carbons (Fsp3) is 0.250. The zero-order chi connectivity index (χ0) is 18.8. The third-order valence-corrected chi connectivity index (χ3v) is 4.83. The monoisotopic (exact) mass is 346 g/mol. The van der Waals surface area contributed by atoms with Gasteiger partial charge in [-0.25, -0.2) is 0 Å². The smallest absolute Gasteiger partial charge is 0.123 e. The van der Waals surface area contributed by atoms with Crippen LogP contribution in [0.15, 0.2) is 60.7 Å². The third-order valence-electron chi connectivity index (χ3n) is 4.83. The molecule has 2 heteroatoms. The van der Waals surface area contributed by atoms with Crippen LogP contribution in [0.3, 0.4) is 0 Å². The summed E-state index contributed by atoms with van der Waals surface area (Å²) in [7, 11) is 0. The topological polar surface area (TPSA) is 40.5 Å². The molecule has 0 saturated carbocycles. The first-order chi connectivity index (χ1) is 12.4. The summed E-state index contributed by atoms with van der Waals surface area (Å²) < 4.78 is 0. The molecule has 0 fully saturated rings. The van der Waals surface area contributed by atoms with Crippen molar-refractivity contribution in [1.82, 2.24) is 0 Å². The Hall–Kier alpha value is -2.74. The number of rotatable bonds is 4. The molecule has 3 aromatic rings. The van der Waals surface area contributed by atoms with Gasteiger partial charge in [0.1, 0.15) is 11.5 Å². The van der Waals surface area contributed by atoms with Gasteiger partial charge in [0.05, 0.1) is 0 Å². The molecule has 0 heterocycles. The Balaban J connectivity index is 2.37. The summed E-state index contributed by atoms with van der Waals surface area (Å²) in [6.07, 6.45) is 0. The summed E-state index contributed by atoms with van der Waals surface area (Å²) in [5.41, 5.74) is 6.67. The van der Waals surface area contributed by atoms with Crippen LogP contribution in [0.1, 0.15) is 50.7 Å². The lowest BCUT2D eigenvalue weighted by Gasteiger charge is -2.24. The van der Waals surface area contributed by atoms with Crippen LogP contribution in [0.25, 0.3) is 22.3 Å². The van der Waals surface area contributed by atoms with Crippen LogP contribution in [0.2, 0.25) is 0 Å². The van der Waals surface area contributed by atoms with Gasteiger partial charge >= 0.3 is 0 Å². The number of benzene rings is 3. The molecule has 0 atom stereocenters. The fourth-order valence-electron chi connectivity index (χ4n) is 3.60. The molecule has 26 heavy (non-hydrogen) atoms. The fourth-order valence-corrected chi connectivity index (χ4v) is 3.60. The van der Waals surface area contributed by atoms with Crippen molar-refractivity contribution in [2.24, 2.45) is 0 Å². The lowest BCUT2D eigenvalue weighted by atomic mass is 9.80. The van der Waals surface area contributed by atoms with Crippen molar-refractivity contribution < 1.29 is 10.2 Å². The summed E-state index contributed by atoms with van der Waals surface area (Å²) in [4.78, 5) is 0. The second kappa shape index (κ2) is 7.25. The molecule has 0 radical (unpaired) electrons. The van der Waals surface area contributed by atoms with Crippen molar-refractivity contribution in [1.29, 1.82) is 0 Å². The quantitative estimate of drug-likeness (QED) is 0.553. The number of phenols is 2. The number of phenolic OH excluding ortho intramolecular Hbond substituents is 2. The first-order valence-electron chi connectivity index (χ1n) is 9.14. The Morgan fingerprint density at radius 1 is 0.654 bits per heavy atom. The van der Waals surface area contributed by atoms with Crippen molar-refractivity contribution in [2.75, 3.05) is 0 Å². The average molecular weight is 346 g/mol. The van der Waals surface area contributed by atoms with Crippen LogP contribution in [-0.2, 0) is 0 Å². The first-order valence-corrected chi connectivity index (χ1v) is 9.14. The van der Waals surface area contributed by atoms with Crippen molar-refractivity contribution in [3.63, 3.8) is 0 Å². The van der Waals surface area contributed by atoms with E-state index in [9.17, 15) is 10.2 Å². The standard InChI is InChI=1S/C24H26O2/c1-15(2)19-13-14-20(17-9-11-18(25)12-10-17)23(16(3)4)24(19)21-7-5-6-8-22(21)26/h5-16,25-26H,1-4H3. The van der Waals surface area contributed by atoms with E-state index in [-0.39, 0.29) is 11.7 Å². The molecule has 0 aromatic heterocycles. The van der Waals surface area contributed by atoms with Gasteiger partial charge in [0.25, 0.3) is 0 Å². The Kier molecular flexibility index (Phi) is 5.03. The van der Waals surface area contributed by atoms with E-state index in [1.165, 1.54) is 11.1 Å². The second-order valence-electron chi connectivity index (χ2n) is 7.36. The number of hydrogen-bond donors (Lipinski definition) is 2. The van der Waals surface area contributed by atoms with Crippen LogP contribution >= 0.6 is 0 Å². The highest BCUT2D eigenvalue weighted by Gasteiger charge is 2.21. The van der Waals surface area contributed by atoms with Gasteiger partial charge in [-0.2, -0.15) is 0 Å². The molecule has 3 aromatic carbocycles. The van der Waals surface area contributed by atoms with Crippen LogP contribution in [0.5, 0.6) is 11.5 Å². The van der Waals surface area contributed by atoms with Gasteiger partial charge in [-0.05, 0) is 57.9 Å². The molecule has 0 aliphatic rings. The van der Waals surface area contributed by atoms with Gasteiger partial charge in [-0.3, -0.25) is 0 Å². The molecule has 0 unspecified atom stereocenters. The van der Waals surface area contributed by atoms with Gasteiger partial charge in [0.2, 0.25) is 0 Å². The molecule has 0 aliphatic carbocycles. The van der Waals surface area contributed by atoms with Crippen LogP contribution in [0, 0.1) is 0 Å². The van der Waals surface area contributed by atoms with E-state index in [4.69, 9.17) is 0 Å². The first kappa shape index (κ1) is 18.1. The molecular formula is C24H26O2. The maximum absolute atomic E-state index is 10.5. The van der Waals surface area contributed by atoms with E-state index >= 15 is 0 Å². The predicted octanol–water partition coefficient (Wildman–Crippen LogP) is 6.68. The molecule has 3 rings (SSSR count). The van der Waals surface area contributed by atoms with E-state index in [0.717, 1.165) is 22.3 Å². The van der Waals surface area contributed by atoms with E-state index in [2.05, 4.69) is 39.8 Å². The molecule has 2 N–H and O–H groups in total. The Bertz CT molecular complexity index is 906. The van der Waals surface area contributed by atoms with Gasteiger partial charge in [0.15, 0.2) is 0 Å². The minimum Gasteiger partial charge on any atom is -0.508 e. The molecule has 0 spiro atoms. The molecule has 0 amide bonds. The third kappa shape index (κ3) is 3.32. The zero-order valence-electron chi connectivity index (χ0n) is 15.8. The Labute approximate surface area is 155 Å². The molecule has 134 valence electrons. The van der Waals surface area contributed by atoms with Gasteiger partial charge in [0, 0.05) is 5.56 Å². The normalized spacial score (nSPS) is 11.3. The summed E-state index contributed by atoms with van der Waals surface area (Å²) in [6, 6.07) is 19.2. The molecule has 0 aliphatic heterocycles. The Morgan fingerprint density at radius 3 is 1.88 bits per heavy atom. The van der Waals surface area contributed by atoms with E-state index in [0.29, 0.717) is 11.7 Å². The van der Waals surface area contributed by atoms with Gasteiger partial charge < -0.3 is 10.2 Å². The van der Waals surface area contributed by atoms with Crippen molar-refractivity contribution >= 4 is 0 Å². The van der Waals surface area contributed by atoms with Gasteiger partial charge in [-0.15, -0.1) is 0 Å². The van der Waals surface area contributed by atoms with Crippen LogP contribution in [0.4, 0.5) is 0 Å². The van der Waals surface area contributed by atoms with Crippen molar-refractivity contribution in [3.05, 3.63) is 71.8 Å². The zero-order valence-corrected chi connectivity index (χ0v) is 15.8. The van der Waals surface area contributed by atoms with Crippen LogP contribution < -0.4 is 0 Å². The lowest BCUT2D eigenvalue weighted by molar-refractivity contribution is 0.475. The highest BCUT2D eigenvalue weighted by atomic mass is 16.3. The predicted molar refractivity (Wildman–Crippen MR) is 109 cm³/mol. The molecule has 0 saturated heterocycles. The summed E-state index contributed by atoms with van der Waals surface area (Å²) in [6.45, 7) is 8.74. The molecule has 2 nitrogen and oxygen atoms in total. The maximum Gasteiger partial charge on any atom is 0.123 e. The SMILES string of the molecule is CC(C)c1ccc(-c2ccc(O)cc2)c(C(C)C)c1-c1ccccc1O. The van der Waals surface area contributed by atoms with E-state index in [1.54, 1.807) is 18.2 Å². The molecule has 0 bridgehead atoms. The van der Waals surface area contributed by atoms with E-state index in [1.807, 2.05) is 30.3 Å². The Morgan fingerprint density at radius 2 is 1.31 bits per heavy atom. The minimum absolute atomic E-state index is 0.263. The van der Waals surface area contributed by atoms with Crippen molar-refractivity contribution in [3.8, 4) is 33.8 Å². The number of aromatic hydroxyl groups is 2. The summed E-state index contributed by atoms with van der Waals surface area (Å²) in [5.74, 6) is 1.20.